The molecule has 2 unspecified atom stereocenters. The first-order chi connectivity index (χ1) is 11.2. The summed E-state index contributed by atoms with van der Waals surface area (Å²) in [7, 11) is 0. The lowest BCUT2D eigenvalue weighted by Gasteiger charge is -2.33. The van der Waals surface area contributed by atoms with Crippen molar-refractivity contribution >= 4 is 11.3 Å². The van der Waals surface area contributed by atoms with Gasteiger partial charge in [0, 0.05) is 23.9 Å². The van der Waals surface area contributed by atoms with Crippen LogP contribution >= 0.6 is 11.3 Å². The van der Waals surface area contributed by atoms with E-state index >= 15 is 0 Å². The van der Waals surface area contributed by atoms with Gasteiger partial charge in [-0.2, -0.15) is 0 Å². The van der Waals surface area contributed by atoms with Crippen LogP contribution in [-0.2, 0) is 0 Å². The smallest absolute Gasteiger partial charge is 0.165 e. The molecule has 1 aliphatic rings. The molecule has 1 saturated heterocycles. The monoisotopic (exact) mass is 335 g/mol. The van der Waals surface area contributed by atoms with Crippen molar-refractivity contribution in [2.24, 2.45) is 5.92 Å². The van der Waals surface area contributed by atoms with E-state index in [0.29, 0.717) is 24.8 Å². The minimum Gasteiger partial charge on any atom is -0.490 e. The van der Waals surface area contributed by atoms with Crippen molar-refractivity contribution in [1.29, 1.82) is 0 Å². The van der Waals surface area contributed by atoms with Crippen molar-refractivity contribution in [2.75, 3.05) is 26.2 Å². The van der Waals surface area contributed by atoms with Gasteiger partial charge < -0.3 is 9.84 Å². The number of β-amino-alcohol motifs (C(OH)–C–C–N with tert-alkyl or cyclic N) is 1. The quantitative estimate of drug-likeness (QED) is 0.873. The van der Waals surface area contributed by atoms with Crippen LogP contribution in [0.1, 0.15) is 23.8 Å². The van der Waals surface area contributed by atoms with Gasteiger partial charge in [0.1, 0.15) is 6.10 Å². The van der Waals surface area contributed by atoms with E-state index in [4.69, 9.17) is 4.74 Å². The van der Waals surface area contributed by atoms with E-state index in [0.717, 1.165) is 30.8 Å². The van der Waals surface area contributed by atoms with E-state index in [9.17, 15) is 9.50 Å². The molecule has 3 nitrogen and oxygen atoms in total. The molecule has 1 fully saturated rings. The predicted molar refractivity (Wildman–Crippen MR) is 90.3 cm³/mol. The number of piperidine rings is 1. The second-order valence-electron chi connectivity index (χ2n) is 6.04. The summed E-state index contributed by atoms with van der Waals surface area (Å²) >= 11 is 1.59. The minimum atomic E-state index is -0.429. The van der Waals surface area contributed by atoms with E-state index in [1.807, 2.05) is 17.5 Å². The third-order valence-corrected chi connectivity index (χ3v) is 5.19. The van der Waals surface area contributed by atoms with E-state index in [1.54, 1.807) is 29.5 Å². The summed E-state index contributed by atoms with van der Waals surface area (Å²) in [6, 6.07) is 10.5. The highest BCUT2D eigenvalue weighted by Gasteiger charge is 2.23. The van der Waals surface area contributed by atoms with Crippen molar-refractivity contribution in [2.45, 2.75) is 18.9 Å². The Balaban J connectivity index is 1.49. The van der Waals surface area contributed by atoms with Crippen molar-refractivity contribution in [3.63, 3.8) is 0 Å². The molecule has 2 atom stereocenters. The number of nitrogens with zero attached hydrogens (tertiary/aromatic N) is 1. The molecule has 0 radical (unpaired) electrons. The molecular weight excluding hydrogens is 313 g/mol. The number of halogens is 1. The maximum absolute atomic E-state index is 13.6. The molecule has 23 heavy (non-hydrogen) atoms. The van der Waals surface area contributed by atoms with E-state index in [-0.39, 0.29) is 5.82 Å². The Morgan fingerprint density at radius 3 is 2.96 bits per heavy atom. The summed E-state index contributed by atoms with van der Waals surface area (Å²) < 4.78 is 19.2. The van der Waals surface area contributed by atoms with Crippen LogP contribution in [0.4, 0.5) is 4.39 Å². The van der Waals surface area contributed by atoms with E-state index in [1.165, 1.54) is 6.07 Å². The van der Waals surface area contributed by atoms with Crippen LogP contribution in [0.15, 0.2) is 41.8 Å². The van der Waals surface area contributed by atoms with Crippen molar-refractivity contribution in [3.8, 4) is 5.75 Å². The zero-order valence-electron chi connectivity index (χ0n) is 13.0. The molecule has 0 aliphatic carbocycles. The molecule has 2 aromatic rings. The Morgan fingerprint density at radius 2 is 2.17 bits per heavy atom. The number of thiophene rings is 1. The molecule has 2 heterocycles. The summed E-state index contributed by atoms with van der Waals surface area (Å²) in [5, 5.41) is 12.3. The van der Waals surface area contributed by atoms with Gasteiger partial charge in [0.05, 0.1) is 6.61 Å². The van der Waals surface area contributed by atoms with Crippen LogP contribution in [0, 0.1) is 11.7 Å². The molecular formula is C18H22FNO2S. The molecule has 3 rings (SSSR count). The molecule has 1 N–H and O–H groups in total. The van der Waals surface area contributed by atoms with Gasteiger partial charge in [0.25, 0.3) is 0 Å². The lowest BCUT2D eigenvalue weighted by Crippen LogP contribution is -2.39. The van der Waals surface area contributed by atoms with Gasteiger partial charge in [-0.25, -0.2) is 4.39 Å². The van der Waals surface area contributed by atoms with E-state index in [2.05, 4.69) is 4.90 Å². The van der Waals surface area contributed by atoms with Gasteiger partial charge in [-0.05, 0) is 43.0 Å². The number of ether oxygens (including phenoxy) is 1. The average molecular weight is 335 g/mol. The number of para-hydroxylation sites is 1. The normalized spacial score (nSPS) is 20.3. The summed E-state index contributed by atoms with van der Waals surface area (Å²) in [4.78, 5) is 3.29. The Kier molecular flexibility index (Phi) is 5.65. The van der Waals surface area contributed by atoms with Crippen molar-refractivity contribution < 1.29 is 14.2 Å². The van der Waals surface area contributed by atoms with Gasteiger partial charge in [-0.1, -0.05) is 18.2 Å². The number of hydrogen-bond donors (Lipinski definition) is 1. The first-order valence-corrected chi connectivity index (χ1v) is 8.91. The fraction of sp³-hybridized carbons (Fsp3) is 0.444. The van der Waals surface area contributed by atoms with Gasteiger partial charge in [-0.15, -0.1) is 11.3 Å². The average Bonchev–Trinajstić information content (AvgIpc) is 3.09. The maximum Gasteiger partial charge on any atom is 0.165 e. The lowest BCUT2D eigenvalue weighted by molar-refractivity contribution is 0.0724. The number of likely N-dealkylation sites (tertiary alicyclic amines) is 1. The van der Waals surface area contributed by atoms with Crippen LogP contribution < -0.4 is 4.74 Å². The largest absolute Gasteiger partial charge is 0.490 e. The zero-order chi connectivity index (χ0) is 16.1. The predicted octanol–water partition coefficient (Wildman–Crippen LogP) is 3.71. The molecule has 1 aliphatic heterocycles. The van der Waals surface area contributed by atoms with Gasteiger partial charge in [0.15, 0.2) is 11.6 Å². The van der Waals surface area contributed by atoms with Crippen LogP contribution in [0.2, 0.25) is 0 Å². The third kappa shape index (κ3) is 4.53. The van der Waals surface area contributed by atoms with Gasteiger partial charge >= 0.3 is 0 Å². The molecule has 124 valence electrons. The molecule has 0 saturated carbocycles. The Bertz CT molecular complexity index is 605. The van der Waals surface area contributed by atoms with Gasteiger partial charge in [-0.3, -0.25) is 4.90 Å². The Morgan fingerprint density at radius 1 is 1.30 bits per heavy atom. The number of rotatable bonds is 6. The van der Waals surface area contributed by atoms with Crippen LogP contribution in [0.3, 0.4) is 0 Å². The van der Waals surface area contributed by atoms with Crippen molar-refractivity contribution in [3.05, 3.63) is 52.5 Å². The molecule has 0 spiro atoms. The highest BCUT2D eigenvalue weighted by molar-refractivity contribution is 7.10. The molecule has 0 amide bonds. The third-order valence-electron chi connectivity index (χ3n) is 4.22. The van der Waals surface area contributed by atoms with Crippen molar-refractivity contribution in [1.82, 2.24) is 4.90 Å². The topological polar surface area (TPSA) is 32.7 Å². The Hall–Kier alpha value is -1.43. The number of hydrogen-bond acceptors (Lipinski definition) is 4. The SMILES string of the molecule is OC(CN1CCCC(COc2ccccc2F)C1)c1cccs1. The van der Waals surface area contributed by atoms with E-state index < -0.39 is 6.10 Å². The summed E-state index contributed by atoms with van der Waals surface area (Å²) in [6.45, 7) is 3.05. The first kappa shape index (κ1) is 16.4. The summed E-state index contributed by atoms with van der Waals surface area (Å²) in [6.07, 6.45) is 1.74. The van der Waals surface area contributed by atoms with Crippen LogP contribution in [0.5, 0.6) is 5.75 Å². The number of aliphatic hydroxyl groups excluding tert-OH is 1. The standard InChI is InChI=1S/C18H22FNO2S/c19-15-6-1-2-7-17(15)22-13-14-5-3-9-20(11-14)12-16(21)18-8-4-10-23-18/h1-2,4,6-8,10,14,16,21H,3,5,9,11-13H2. The molecule has 1 aromatic heterocycles. The fourth-order valence-electron chi connectivity index (χ4n) is 3.04. The molecule has 0 bridgehead atoms. The number of aliphatic hydroxyl groups is 1. The summed E-state index contributed by atoms with van der Waals surface area (Å²) in [5.74, 6) is 0.385. The zero-order valence-corrected chi connectivity index (χ0v) is 13.8. The van der Waals surface area contributed by atoms with Crippen LogP contribution in [0.25, 0.3) is 0 Å². The maximum atomic E-state index is 13.6. The Labute approximate surface area is 140 Å². The van der Waals surface area contributed by atoms with Gasteiger partial charge in [0.2, 0.25) is 0 Å². The minimum absolute atomic E-state index is 0.312. The lowest BCUT2D eigenvalue weighted by atomic mass is 9.98. The number of benzene rings is 1. The highest BCUT2D eigenvalue weighted by atomic mass is 32.1. The fourth-order valence-corrected chi connectivity index (χ4v) is 3.74. The molecule has 5 heteroatoms. The molecule has 1 aromatic carbocycles. The second kappa shape index (κ2) is 7.90. The summed E-state index contributed by atoms with van der Waals surface area (Å²) in [5.41, 5.74) is 0. The second-order valence-corrected chi connectivity index (χ2v) is 7.02. The first-order valence-electron chi connectivity index (χ1n) is 8.03. The van der Waals surface area contributed by atoms with Crippen LogP contribution in [-0.4, -0.2) is 36.2 Å². The highest BCUT2D eigenvalue weighted by Crippen LogP contribution is 2.24.